The highest BCUT2D eigenvalue weighted by Crippen LogP contribution is 2.19. The molecule has 0 saturated carbocycles. The number of ether oxygens (including phenoxy) is 1. The van der Waals surface area contributed by atoms with Crippen LogP contribution in [-0.4, -0.2) is 30.1 Å². The minimum absolute atomic E-state index is 0.0435. The highest BCUT2D eigenvalue weighted by molar-refractivity contribution is 6.05. The number of rotatable bonds is 7. The van der Waals surface area contributed by atoms with E-state index in [0.717, 1.165) is 5.56 Å². The third-order valence-electron chi connectivity index (χ3n) is 5.04. The molecule has 3 rings (SSSR count). The van der Waals surface area contributed by atoms with Gasteiger partial charge in [0.1, 0.15) is 12.2 Å². The molecule has 2 N–H and O–H groups in total. The van der Waals surface area contributed by atoms with Gasteiger partial charge >= 0.3 is 0 Å². The largest absolute Gasteiger partial charge is 0.375 e. The van der Waals surface area contributed by atoms with E-state index in [2.05, 4.69) is 24.5 Å². The first-order chi connectivity index (χ1) is 15.3. The molecule has 2 aromatic carbocycles. The molecule has 0 bridgehead atoms. The van der Waals surface area contributed by atoms with Gasteiger partial charge in [0.25, 0.3) is 11.5 Å². The van der Waals surface area contributed by atoms with Gasteiger partial charge in [-0.15, -0.1) is 0 Å². The van der Waals surface area contributed by atoms with Crippen LogP contribution in [0.1, 0.15) is 41.3 Å². The Hall–Kier alpha value is -3.71. The Balaban J connectivity index is 1.84. The van der Waals surface area contributed by atoms with E-state index in [1.165, 1.54) is 11.7 Å². The van der Waals surface area contributed by atoms with Gasteiger partial charge < -0.3 is 15.4 Å². The van der Waals surface area contributed by atoms with Gasteiger partial charge in [-0.25, -0.2) is 0 Å². The first-order valence-electron chi connectivity index (χ1n) is 10.3. The number of aromatic nitrogens is 1. The van der Waals surface area contributed by atoms with E-state index in [-0.39, 0.29) is 23.6 Å². The summed E-state index contributed by atoms with van der Waals surface area (Å²) in [5.74, 6) is -0.439. The number of pyridine rings is 1. The summed E-state index contributed by atoms with van der Waals surface area (Å²) in [6.07, 6.45) is 1.69. The Kier molecular flexibility index (Phi) is 7.22. The first kappa shape index (κ1) is 23.0. The third kappa shape index (κ3) is 5.31. The molecule has 2 amide bonds. The zero-order valence-corrected chi connectivity index (χ0v) is 18.6. The molecule has 0 spiro atoms. The maximum atomic E-state index is 13.2. The van der Waals surface area contributed by atoms with Crippen LogP contribution in [0, 0.1) is 6.92 Å². The van der Waals surface area contributed by atoms with Crippen LogP contribution in [0.4, 0.5) is 11.4 Å². The van der Waals surface area contributed by atoms with E-state index in [4.69, 9.17) is 4.74 Å². The minimum atomic E-state index is -0.488. The summed E-state index contributed by atoms with van der Waals surface area (Å²) < 4.78 is 6.27. The molecule has 0 aliphatic heterocycles. The van der Waals surface area contributed by atoms with Crippen LogP contribution >= 0.6 is 0 Å². The van der Waals surface area contributed by atoms with Crippen molar-refractivity contribution in [2.45, 2.75) is 26.7 Å². The number of nitrogens with zero attached hydrogens (tertiary/aromatic N) is 1. The van der Waals surface area contributed by atoms with Crippen molar-refractivity contribution in [2.24, 2.45) is 0 Å². The second-order valence-electron chi connectivity index (χ2n) is 7.81. The van der Waals surface area contributed by atoms with Crippen LogP contribution < -0.4 is 16.2 Å². The Morgan fingerprint density at radius 1 is 1.00 bits per heavy atom. The molecule has 0 radical (unpaired) electrons. The Morgan fingerprint density at radius 2 is 1.66 bits per heavy atom. The average Bonchev–Trinajstić information content (AvgIpc) is 2.75. The fourth-order valence-corrected chi connectivity index (χ4v) is 3.30. The molecule has 7 nitrogen and oxygen atoms in total. The smallest absolute Gasteiger partial charge is 0.268 e. The van der Waals surface area contributed by atoms with Crippen molar-refractivity contribution < 1.29 is 14.3 Å². The molecular weight excluding hydrogens is 406 g/mol. The number of hydrogen-bond acceptors (Lipinski definition) is 4. The normalized spacial score (nSPS) is 10.8. The zero-order valence-electron chi connectivity index (χ0n) is 18.6. The third-order valence-corrected chi connectivity index (χ3v) is 5.04. The Bertz CT molecular complexity index is 1180. The number of methoxy groups -OCH3 is 1. The van der Waals surface area contributed by atoms with Crippen LogP contribution in [0.3, 0.4) is 0 Å². The number of anilines is 2. The van der Waals surface area contributed by atoms with Crippen molar-refractivity contribution >= 4 is 23.2 Å². The highest BCUT2D eigenvalue weighted by Gasteiger charge is 2.17. The lowest BCUT2D eigenvalue weighted by Crippen LogP contribution is -2.29. The maximum Gasteiger partial charge on any atom is 0.268 e. The Labute approximate surface area is 187 Å². The molecule has 3 aromatic rings. The quantitative estimate of drug-likeness (QED) is 0.587. The predicted molar refractivity (Wildman–Crippen MR) is 126 cm³/mol. The van der Waals surface area contributed by atoms with Gasteiger partial charge in [0, 0.05) is 30.4 Å². The second kappa shape index (κ2) is 10.1. The molecule has 0 fully saturated rings. The molecule has 1 aromatic heterocycles. The molecule has 1 heterocycles. The van der Waals surface area contributed by atoms with Crippen molar-refractivity contribution in [3.8, 4) is 5.69 Å². The van der Waals surface area contributed by atoms with Gasteiger partial charge in [-0.2, -0.15) is 0 Å². The molecule has 0 atom stereocenters. The summed E-state index contributed by atoms with van der Waals surface area (Å²) in [5.41, 5.74) is 3.20. The first-order valence-corrected chi connectivity index (χ1v) is 10.3. The van der Waals surface area contributed by atoms with Gasteiger partial charge in [-0.05, 0) is 66.4 Å². The summed E-state index contributed by atoms with van der Waals surface area (Å²) in [6.45, 7) is 5.87. The number of aryl methyl sites for hydroxylation is 1. The SMILES string of the molecule is COCC(=O)Nc1ccc(NC(=O)c2c(C)ccn(-c3cccc(C(C)C)c3)c2=O)cc1. The van der Waals surface area contributed by atoms with Gasteiger partial charge in [-0.1, -0.05) is 26.0 Å². The van der Waals surface area contributed by atoms with E-state index >= 15 is 0 Å². The van der Waals surface area contributed by atoms with E-state index in [9.17, 15) is 14.4 Å². The number of amides is 2. The van der Waals surface area contributed by atoms with E-state index < -0.39 is 5.91 Å². The summed E-state index contributed by atoms with van der Waals surface area (Å²) >= 11 is 0. The molecular formula is C25H27N3O4. The second-order valence-corrected chi connectivity index (χ2v) is 7.81. The van der Waals surface area contributed by atoms with E-state index in [0.29, 0.717) is 28.5 Å². The summed E-state index contributed by atoms with van der Waals surface area (Å²) in [5, 5.41) is 5.45. The van der Waals surface area contributed by atoms with Gasteiger partial charge in [0.2, 0.25) is 5.91 Å². The van der Waals surface area contributed by atoms with Gasteiger partial charge in [0.05, 0.1) is 0 Å². The van der Waals surface area contributed by atoms with Crippen molar-refractivity contribution in [1.82, 2.24) is 4.57 Å². The fourth-order valence-electron chi connectivity index (χ4n) is 3.30. The van der Waals surface area contributed by atoms with Crippen LogP contribution in [0.2, 0.25) is 0 Å². The summed E-state index contributed by atoms with van der Waals surface area (Å²) in [7, 11) is 1.44. The molecule has 0 aliphatic carbocycles. The number of benzene rings is 2. The zero-order chi connectivity index (χ0) is 23.3. The van der Waals surface area contributed by atoms with E-state index in [1.54, 1.807) is 43.5 Å². The van der Waals surface area contributed by atoms with Gasteiger partial charge in [0.15, 0.2) is 0 Å². The number of carbonyl (C=O) groups is 2. The molecule has 0 unspecified atom stereocenters. The number of nitrogens with one attached hydrogen (secondary N) is 2. The fraction of sp³-hybridized carbons (Fsp3) is 0.240. The van der Waals surface area contributed by atoms with Gasteiger partial charge in [-0.3, -0.25) is 19.0 Å². The topological polar surface area (TPSA) is 89.4 Å². The molecule has 32 heavy (non-hydrogen) atoms. The Morgan fingerprint density at radius 3 is 2.28 bits per heavy atom. The average molecular weight is 434 g/mol. The molecule has 0 aliphatic rings. The standard InChI is InChI=1S/C25H27N3O4/c1-16(2)18-6-5-7-21(14-18)28-13-12-17(3)23(25(28)31)24(30)27-20-10-8-19(9-11-20)26-22(29)15-32-4/h5-14,16H,15H2,1-4H3,(H,26,29)(H,27,30). The predicted octanol–water partition coefficient (Wildman–Crippen LogP) is 4.11. The minimum Gasteiger partial charge on any atom is -0.375 e. The lowest BCUT2D eigenvalue weighted by Gasteiger charge is -2.13. The summed E-state index contributed by atoms with van der Waals surface area (Å²) in [6, 6.07) is 16.1. The van der Waals surface area contributed by atoms with Crippen LogP contribution in [-0.2, 0) is 9.53 Å². The van der Waals surface area contributed by atoms with Crippen LogP contribution in [0.5, 0.6) is 0 Å². The maximum absolute atomic E-state index is 13.2. The van der Waals surface area contributed by atoms with Crippen molar-refractivity contribution in [2.75, 3.05) is 24.4 Å². The lowest BCUT2D eigenvalue weighted by molar-refractivity contribution is -0.119. The van der Waals surface area contributed by atoms with Crippen molar-refractivity contribution in [3.63, 3.8) is 0 Å². The van der Waals surface area contributed by atoms with Crippen molar-refractivity contribution in [1.29, 1.82) is 0 Å². The van der Waals surface area contributed by atoms with Crippen LogP contribution in [0.25, 0.3) is 5.69 Å². The monoisotopic (exact) mass is 433 g/mol. The van der Waals surface area contributed by atoms with E-state index in [1.807, 2.05) is 24.3 Å². The highest BCUT2D eigenvalue weighted by atomic mass is 16.5. The summed E-state index contributed by atoms with van der Waals surface area (Å²) in [4.78, 5) is 37.7. The lowest BCUT2D eigenvalue weighted by atomic mass is 10.0. The number of hydrogen-bond donors (Lipinski definition) is 2. The molecule has 166 valence electrons. The van der Waals surface area contributed by atoms with Crippen molar-refractivity contribution in [3.05, 3.63) is 87.8 Å². The number of carbonyl (C=O) groups excluding carboxylic acids is 2. The molecule has 0 saturated heterocycles. The molecule has 7 heteroatoms. The van der Waals surface area contributed by atoms with Crippen LogP contribution in [0.15, 0.2) is 65.6 Å².